The first-order valence-corrected chi connectivity index (χ1v) is 10.7. The highest BCUT2D eigenvalue weighted by Crippen LogP contribution is 2.25. The first-order chi connectivity index (χ1) is 15.7. The van der Waals surface area contributed by atoms with E-state index in [-0.39, 0.29) is 39.2 Å². The third kappa shape index (κ3) is 6.55. The van der Waals surface area contributed by atoms with Crippen LogP contribution in [-0.2, 0) is 4.79 Å². The van der Waals surface area contributed by atoms with Crippen LogP contribution < -0.4 is 10.6 Å². The summed E-state index contributed by atoms with van der Waals surface area (Å²) in [6.07, 6.45) is 0. The number of halogens is 1. The third-order valence-electron chi connectivity index (χ3n) is 4.29. The van der Waals surface area contributed by atoms with Crippen molar-refractivity contribution in [2.24, 2.45) is 0 Å². The van der Waals surface area contributed by atoms with Crippen molar-refractivity contribution in [1.29, 1.82) is 0 Å². The van der Waals surface area contributed by atoms with Gasteiger partial charge in [-0.1, -0.05) is 17.7 Å². The maximum absolute atomic E-state index is 12.4. The van der Waals surface area contributed by atoms with Gasteiger partial charge in [-0.2, -0.15) is 0 Å². The van der Waals surface area contributed by atoms with Crippen LogP contribution in [0.15, 0.2) is 71.6 Å². The van der Waals surface area contributed by atoms with Crippen molar-refractivity contribution >= 4 is 58.2 Å². The molecule has 0 fully saturated rings. The zero-order valence-electron chi connectivity index (χ0n) is 16.8. The summed E-state index contributed by atoms with van der Waals surface area (Å²) < 4.78 is 0. The zero-order chi connectivity index (χ0) is 24.0. The normalized spacial score (nSPS) is 10.3. The Balaban J connectivity index is 1.59. The molecule has 0 radical (unpaired) electrons. The second-order valence-corrected chi connectivity index (χ2v) is 8.08. The number of carbonyl (C=O) groups excluding carboxylic acids is 2. The summed E-state index contributed by atoms with van der Waals surface area (Å²) in [5.41, 5.74) is 0.837. The van der Waals surface area contributed by atoms with Gasteiger partial charge in [-0.3, -0.25) is 19.7 Å². The maximum Gasteiger partial charge on any atom is 0.335 e. The van der Waals surface area contributed by atoms with Crippen molar-refractivity contribution in [2.45, 2.75) is 4.90 Å². The molecule has 3 N–H and O–H groups in total. The highest BCUT2D eigenvalue weighted by atomic mass is 35.5. The predicted molar refractivity (Wildman–Crippen MR) is 125 cm³/mol. The molecule has 11 heteroatoms. The number of carbonyl (C=O) groups is 3. The summed E-state index contributed by atoms with van der Waals surface area (Å²) in [7, 11) is 0. The molecule has 3 aromatic carbocycles. The number of carboxylic acid groups (broad SMARTS) is 1. The smallest absolute Gasteiger partial charge is 0.335 e. The SMILES string of the molecule is O=C(CSc1cccc(NC(=O)c2ccc([N+](=O)[O-])cc2)c1)Nc1cc(C(=O)O)ccc1Cl. The van der Waals surface area contributed by atoms with Gasteiger partial charge < -0.3 is 15.7 Å². The Bertz CT molecular complexity index is 1230. The molecule has 0 aliphatic heterocycles. The van der Waals surface area contributed by atoms with Crippen molar-refractivity contribution in [1.82, 2.24) is 0 Å². The topological polar surface area (TPSA) is 139 Å². The summed E-state index contributed by atoms with van der Waals surface area (Å²) >= 11 is 7.23. The summed E-state index contributed by atoms with van der Waals surface area (Å²) in [5, 5.41) is 25.3. The number of anilines is 2. The van der Waals surface area contributed by atoms with Crippen LogP contribution in [0.1, 0.15) is 20.7 Å². The fraction of sp³-hybridized carbons (Fsp3) is 0.0455. The van der Waals surface area contributed by atoms with Crippen molar-refractivity contribution in [3.05, 3.63) is 93.0 Å². The van der Waals surface area contributed by atoms with Gasteiger partial charge in [0.15, 0.2) is 0 Å². The standard InChI is InChI=1S/C22H16ClN3O6S/c23-18-9-6-14(22(29)30)10-19(18)25-20(27)12-33-17-3-1-2-15(11-17)24-21(28)13-4-7-16(8-5-13)26(31)32/h1-11H,12H2,(H,24,28)(H,25,27)(H,29,30). The number of hydrogen-bond acceptors (Lipinski definition) is 6. The molecule has 9 nitrogen and oxygen atoms in total. The molecule has 0 saturated heterocycles. The molecule has 0 aliphatic carbocycles. The Hall–Kier alpha value is -3.89. The number of carboxylic acids is 1. The minimum Gasteiger partial charge on any atom is -0.478 e. The molecule has 0 aromatic heterocycles. The summed E-state index contributed by atoms with van der Waals surface area (Å²) in [4.78, 5) is 46.6. The molecule has 3 aromatic rings. The summed E-state index contributed by atoms with van der Waals surface area (Å²) in [5.74, 6) is -1.93. The van der Waals surface area contributed by atoms with Crippen LogP contribution in [0.5, 0.6) is 0 Å². The van der Waals surface area contributed by atoms with E-state index in [1.54, 1.807) is 24.3 Å². The van der Waals surface area contributed by atoms with Gasteiger partial charge in [-0.25, -0.2) is 4.79 Å². The Morgan fingerprint density at radius 1 is 0.970 bits per heavy atom. The fourth-order valence-corrected chi connectivity index (χ4v) is 3.61. The molecular weight excluding hydrogens is 470 g/mol. The number of amides is 2. The number of hydrogen-bond donors (Lipinski definition) is 3. The van der Waals surface area contributed by atoms with Gasteiger partial charge in [-0.15, -0.1) is 11.8 Å². The first kappa shape index (κ1) is 23.8. The van der Waals surface area contributed by atoms with Gasteiger partial charge in [-0.05, 0) is 48.5 Å². The lowest BCUT2D eigenvalue weighted by Gasteiger charge is -2.09. The molecule has 0 bridgehead atoms. The van der Waals surface area contributed by atoms with Gasteiger partial charge >= 0.3 is 5.97 Å². The highest BCUT2D eigenvalue weighted by molar-refractivity contribution is 8.00. The predicted octanol–water partition coefficient (Wildman–Crippen LogP) is 4.93. The number of nitrogens with one attached hydrogen (secondary N) is 2. The lowest BCUT2D eigenvalue weighted by Crippen LogP contribution is -2.15. The average Bonchev–Trinajstić information content (AvgIpc) is 2.79. The molecule has 0 spiro atoms. The lowest BCUT2D eigenvalue weighted by atomic mass is 10.2. The van der Waals surface area contributed by atoms with E-state index < -0.39 is 16.8 Å². The van der Waals surface area contributed by atoms with Gasteiger partial charge in [0.25, 0.3) is 11.6 Å². The van der Waals surface area contributed by atoms with Crippen LogP contribution in [0.25, 0.3) is 0 Å². The number of benzene rings is 3. The van der Waals surface area contributed by atoms with Gasteiger partial charge in [0.1, 0.15) is 0 Å². The molecule has 0 saturated carbocycles. The second kappa shape index (κ2) is 10.6. The van der Waals surface area contributed by atoms with Crippen LogP contribution in [-0.4, -0.2) is 33.6 Å². The Morgan fingerprint density at radius 2 is 1.67 bits per heavy atom. The van der Waals surface area contributed by atoms with Gasteiger partial charge in [0.05, 0.1) is 26.9 Å². The lowest BCUT2D eigenvalue weighted by molar-refractivity contribution is -0.384. The van der Waals surface area contributed by atoms with E-state index >= 15 is 0 Å². The van der Waals surface area contributed by atoms with Gasteiger partial charge in [0, 0.05) is 28.3 Å². The van der Waals surface area contributed by atoms with Crippen LogP contribution in [0.3, 0.4) is 0 Å². The van der Waals surface area contributed by atoms with Gasteiger partial charge in [0.2, 0.25) is 5.91 Å². The van der Waals surface area contributed by atoms with E-state index in [2.05, 4.69) is 10.6 Å². The molecule has 0 atom stereocenters. The van der Waals surface area contributed by atoms with E-state index in [1.165, 1.54) is 54.2 Å². The quantitative estimate of drug-likeness (QED) is 0.233. The third-order valence-corrected chi connectivity index (χ3v) is 5.61. The van der Waals surface area contributed by atoms with E-state index in [0.29, 0.717) is 10.6 Å². The number of nitrogens with zero attached hydrogens (tertiary/aromatic N) is 1. The molecule has 33 heavy (non-hydrogen) atoms. The number of aromatic carboxylic acids is 1. The summed E-state index contributed by atoms with van der Waals surface area (Å²) in [6, 6.07) is 16.1. The number of rotatable bonds is 8. The maximum atomic E-state index is 12.4. The number of non-ortho nitro benzene ring substituents is 1. The van der Waals surface area contributed by atoms with Crippen molar-refractivity contribution in [2.75, 3.05) is 16.4 Å². The monoisotopic (exact) mass is 485 g/mol. The van der Waals surface area contributed by atoms with Crippen LogP contribution in [0.4, 0.5) is 17.1 Å². The minimum absolute atomic E-state index is 0.00110. The van der Waals surface area contributed by atoms with E-state index in [4.69, 9.17) is 16.7 Å². The average molecular weight is 486 g/mol. The largest absolute Gasteiger partial charge is 0.478 e. The highest BCUT2D eigenvalue weighted by Gasteiger charge is 2.12. The molecule has 3 rings (SSSR count). The molecule has 0 aliphatic rings. The first-order valence-electron chi connectivity index (χ1n) is 9.34. The van der Waals surface area contributed by atoms with Crippen molar-refractivity contribution in [3.63, 3.8) is 0 Å². The van der Waals surface area contributed by atoms with E-state index in [9.17, 15) is 24.5 Å². The number of nitro benzene ring substituents is 1. The molecule has 2 amide bonds. The molecular formula is C22H16ClN3O6S. The van der Waals surface area contributed by atoms with Crippen LogP contribution >= 0.6 is 23.4 Å². The number of thioether (sulfide) groups is 1. The number of nitro groups is 1. The minimum atomic E-state index is -1.14. The fourth-order valence-electron chi connectivity index (χ4n) is 2.69. The Kier molecular flexibility index (Phi) is 7.65. The van der Waals surface area contributed by atoms with Crippen LogP contribution in [0, 0.1) is 10.1 Å². The Labute approximate surface area is 196 Å². The van der Waals surface area contributed by atoms with Crippen molar-refractivity contribution < 1.29 is 24.4 Å². The molecule has 0 unspecified atom stereocenters. The van der Waals surface area contributed by atoms with E-state index in [1.807, 2.05) is 0 Å². The van der Waals surface area contributed by atoms with Crippen molar-refractivity contribution in [3.8, 4) is 0 Å². The second-order valence-electron chi connectivity index (χ2n) is 6.62. The van der Waals surface area contributed by atoms with E-state index in [0.717, 1.165) is 0 Å². The molecule has 0 heterocycles. The summed E-state index contributed by atoms with van der Waals surface area (Å²) in [6.45, 7) is 0. The van der Waals surface area contributed by atoms with Crippen LogP contribution in [0.2, 0.25) is 5.02 Å². The zero-order valence-corrected chi connectivity index (χ0v) is 18.4. The molecule has 168 valence electrons. The Morgan fingerprint density at radius 3 is 2.33 bits per heavy atom.